The van der Waals surface area contributed by atoms with Gasteiger partial charge in [0.25, 0.3) is 0 Å². The second-order valence-corrected chi connectivity index (χ2v) is 5.40. The standard InChI is InChI=1S/C14H19NO/c16-14(5-6-15-10-14)9-11-7-12-3-1-2-4-13(12)8-11/h1-4,11,15-16H,5-10H2. The third kappa shape index (κ3) is 1.87. The monoisotopic (exact) mass is 217 g/mol. The van der Waals surface area contributed by atoms with E-state index < -0.39 is 5.60 Å². The Bertz CT molecular complexity index is 357. The van der Waals surface area contributed by atoms with Gasteiger partial charge in [-0.05, 0) is 49.3 Å². The van der Waals surface area contributed by atoms with E-state index in [-0.39, 0.29) is 0 Å². The molecule has 1 fully saturated rings. The summed E-state index contributed by atoms with van der Waals surface area (Å²) >= 11 is 0. The first kappa shape index (κ1) is 10.3. The van der Waals surface area contributed by atoms with Crippen molar-refractivity contribution >= 4 is 0 Å². The van der Waals surface area contributed by atoms with E-state index in [4.69, 9.17) is 0 Å². The molecule has 1 atom stereocenters. The van der Waals surface area contributed by atoms with E-state index in [9.17, 15) is 5.11 Å². The maximum atomic E-state index is 10.4. The maximum Gasteiger partial charge on any atom is 0.0786 e. The summed E-state index contributed by atoms with van der Waals surface area (Å²) in [5.74, 6) is 0.641. The van der Waals surface area contributed by atoms with Gasteiger partial charge in [-0.25, -0.2) is 0 Å². The molecule has 2 aliphatic rings. The maximum absolute atomic E-state index is 10.4. The van der Waals surface area contributed by atoms with Crippen LogP contribution in [0.15, 0.2) is 24.3 Å². The highest BCUT2D eigenvalue weighted by Gasteiger charge is 2.35. The topological polar surface area (TPSA) is 32.3 Å². The molecular weight excluding hydrogens is 198 g/mol. The van der Waals surface area contributed by atoms with Gasteiger partial charge in [-0.15, -0.1) is 0 Å². The fourth-order valence-electron chi connectivity index (χ4n) is 3.24. The normalized spacial score (nSPS) is 29.6. The SMILES string of the molecule is OC1(CC2Cc3ccccc3C2)CCNC1. The van der Waals surface area contributed by atoms with Gasteiger partial charge in [0.1, 0.15) is 0 Å². The summed E-state index contributed by atoms with van der Waals surface area (Å²) in [6.45, 7) is 1.75. The lowest BCUT2D eigenvalue weighted by atomic mass is 9.88. The lowest BCUT2D eigenvalue weighted by Gasteiger charge is -2.24. The molecule has 1 aromatic carbocycles. The molecule has 0 radical (unpaired) electrons. The zero-order valence-electron chi connectivity index (χ0n) is 9.58. The molecule has 2 nitrogen and oxygen atoms in total. The van der Waals surface area contributed by atoms with Crippen molar-refractivity contribution in [2.75, 3.05) is 13.1 Å². The van der Waals surface area contributed by atoms with Crippen molar-refractivity contribution in [3.8, 4) is 0 Å². The summed E-state index contributed by atoms with van der Waals surface area (Å²) in [6.07, 6.45) is 4.17. The Morgan fingerprint density at radius 1 is 1.25 bits per heavy atom. The molecule has 1 aliphatic heterocycles. The third-order valence-electron chi connectivity index (χ3n) is 4.03. The van der Waals surface area contributed by atoms with Crippen LogP contribution in [0.2, 0.25) is 0 Å². The van der Waals surface area contributed by atoms with Crippen LogP contribution in [-0.4, -0.2) is 23.8 Å². The minimum atomic E-state index is -0.438. The number of aliphatic hydroxyl groups is 1. The first-order chi connectivity index (χ1) is 7.75. The minimum absolute atomic E-state index is 0.438. The van der Waals surface area contributed by atoms with Gasteiger partial charge >= 0.3 is 0 Å². The highest BCUT2D eigenvalue weighted by atomic mass is 16.3. The van der Waals surface area contributed by atoms with Crippen LogP contribution in [0.25, 0.3) is 0 Å². The third-order valence-corrected chi connectivity index (χ3v) is 4.03. The molecule has 0 bridgehead atoms. The highest BCUT2D eigenvalue weighted by Crippen LogP contribution is 2.33. The molecule has 2 N–H and O–H groups in total. The molecule has 2 heteroatoms. The summed E-state index contributed by atoms with van der Waals surface area (Å²) < 4.78 is 0. The van der Waals surface area contributed by atoms with E-state index >= 15 is 0 Å². The van der Waals surface area contributed by atoms with Crippen molar-refractivity contribution in [3.05, 3.63) is 35.4 Å². The lowest BCUT2D eigenvalue weighted by Crippen LogP contribution is -2.34. The van der Waals surface area contributed by atoms with Crippen LogP contribution >= 0.6 is 0 Å². The molecule has 1 unspecified atom stereocenters. The largest absolute Gasteiger partial charge is 0.389 e. The Hall–Kier alpha value is -0.860. The molecule has 86 valence electrons. The van der Waals surface area contributed by atoms with Crippen molar-refractivity contribution in [2.24, 2.45) is 5.92 Å². The molecule has 0 spiro atoms. The fourth-order valence-corrected chi connectivity index (χ4v) is 3.24. The number of hydrogen-bond acceptors (Lipinski definition) is 2. The highest BCUT2D eigenvalue weighted by molar-refractivity contribution is 5.32. The van der Waals surface area contributed by atoms with Gasteiger partial charge in [-0.1, -0.05) is 24.3 Å². The number of nitrogens with one attached hydrogen (secondary N) is 1. The van der Waals surface area contributed by atoms with Crippen LogP contribution in [0.5, 0.6) is 0 Å². The summed E-state index contributed by atoms with van der Waals surface area (Å²) in [7, 11) is 0. The van der Waals surface area contributed by atoms with Crippen molar-refractivity contribution in [2.45, 2.75) is 31.3 Å². The van der Waals surface area contributed by atoms with Crippen LogP contribution in [0, 0.1) is 5.92 Å². The molecular formula is C14H19NO. The quantitative estimate of drug-likeness (QED) is 0.787. The number of benzene rings is 1. The van der Waals surface area contributed by atoms with Crippen LogP contribution in [0.1, 0.15) is 24.0 Å². The van der Waals surface area contributed by atoms with Crippen LogP contribution < -0.4 is 5.32 Å². The average Bonchev–Trinajstić information content (AvgIpc) is 2.84. The number of β-amino-alcohol motifs (C(OH)–C–C–N with tert-alkyl or cyclic N) is 1. The Kier molecular flexibility index (Phi) is 2.49. The summed E-state index contributed by atoms with van der Waals surface area (Å²) in [5, 5.41) is 13.6. The second kappa shape index (κ2) is 3.86. The summed E-state index contributed by atoms with van der Waals surface area (Å²) in [5.41, 5.74) is 2.54. The van der Waals surface area contributed by atoms with Gasteiger partial charge in [0, 0.05) is 6.54 Å². The lowest BCUT2D eigenvalue weighted by molar-refractivity contribution is 0.0363. The summed E-state index contributed by atoms with van der Waals surface area (Å²) in [6, 6.07) is 8.69. The predicted octanol–water partition coefficient (Wildman–Crippen LogP) is 1.52. The zero-order valence-corrected chi connectivity index (χ0v) is 9.58. The van der Waals surface area contributed by atoms with Crippen LogP contribution in [-0.2, 0) is 12.8 Å². The minimum Gasteiger partial charge on any atom is -0.389 e. The molecule has 16 heavy (non-hydrogen) atoms. The van der Waals surface area contributed by atoms with E-state index in [2.05, 4.69) is 29.6 Å². The zero-order chi connectivity index (χ0) is 11.0. The molecule has 3 rings (SSSR count). The van der Waals surface area contributed by atoms with E-state index in [1.165, 1.54) is 11.1 Å². The molecule has 1 heterocycles. The van der Waals surface area contributed by atoms with Gasteiger partial charge in [0.2, 0.25) is 0 Å². The van der Waals surface area contributed by atoms with Gasteiger partial charge in [0.05, 0.1) is 5.60 Å². The van der Waals surface area contributed by atoms with Gasteiger partial charge in [-0.3, -0.25) is 0 Å². The number of hydrogen-bond donors (Lipinski definition) is 2. The number of rotatable bonds is 2. The van der Waals surface area contributed by atoms with Gasteiger partial charge in [-0.2, -0.15) is 0 Å². The first-order valence-electron chi connectivity index (χ1n) is 6.25. The Morgan fingerprint density at radius 2 is 1.94 bits per heavy atom. The molecule has 1 aliphatic carbocycles. The molecule has 0 amide bonds. The van der Waals surface area contributed by atoms with Crippen LogP contribution in [0.4, 0.5) is 0 Å². The number of fused-ring (bicyclic) bond motifs is 1. The van der Waals surface area contributed by atoms with Crippen molar-refractivity contribution in [1.82, 2.24) is 5.32 Å². The Labute approximate surface area is 96.7 Å². The van der Waals surface area contributed by atoms with Crippen LogP contribution in [0.3, 0.4) is 0 Å². The second-order valence-electron chi connectivity index (χ2n) is 5.40. The summed E-state index contributed by atoms with van der Waals surface area (Å²) in [4.78, 5) is 0. The average molecular weight is 217 g/mol. The molecule has 1 aromatic rings. The molecule has 0 aromatic heterocycles. The Morgan fingerprint density at radius 3 is 2.50 bits per heavy atom. The molecule has 0 saturated carbocycles. The Balaban J connectivity index is 1.68. The first-order valence-corrected chi connectivity index (χ1v) is 6.25. The van der Waals surface area contributed by atoms with Crippen molar-refractivity contribution in [1.29, 1.82) is 0 Å². The molecule has 1 saturated heterocycles. The van der Waals surface area contributed by atoms with Crippen molar-refractivity contribution in [3.63, 3.8) is 0 Å². The van der Waals surface area contributed by atoms with E-state index in [1.54, 1.807) is 0 Å². The fraction of sp³-hybridized carbons (Fsp3) is 0.571. The van der Waals surface area contributed by atoms with Crippen molar-refractivity contribution < 1.29 is 5.11 Å². The van der Waals surface area contributed by atoms with Gasteiger partial charge in [0.15, 0.2) is 0 Å². The van der Waals surface area contributed by atoms with E-state index in [1.807, 2.05) is 0 Å². The van der Waals surface area contributed by atoms with E-state index in [0.717, 1.165) is 38.8 Å². The smallest absolute Gasteiger partial charge is 0.0786 e. The van der Waals surface area contributed by atoms with Gasteiger partial charge < -0.3 is 10.4 Å². The van der Waals surface area contributed by atoms with E-state index in [0.29, 0.717) is 5.92 Å². The predicted molar refractivity (Wildman–Crippen MR) is 64.4 cm³/mol.